The first kappa shape index (κ1) is 11.7. The van der Waals surface area contributed by atoms with Crippen molar-refractivity contribution in [3.8, 4) is 0 Å². The van der Waals surface area contributed by atoms with Crippen LogP contribution in [0, 0.1) is 5.41 Å². The van der Waals surface area contributed by atoms with Gasteiger partial charge in [-0.05, 0) is 25.7 Å². The van der Waals surface area contributed by atoms with E-state index < -0.39 is 0 Å². The van der Waals surface area contributed by atoms with E-state index in [0.29, 0.717) is 13.0 Å². The van der Waals surface area contributed by atoms with Gasteiger partial charge in [-0.15, -0.1) is 12.4 Å². The minimum atomic E-state index is -0.365. The minimum Gasteiger partial charge on any atom is -0.368 e. The van der Waals surface area contributed by atoms with Gasteiger partial charge in [0.1, 0.15) is 0 Å². The number of rotatable bonds is 1. The molecule has 0 aromatic rings. The normalized spacial score (nSPS) is 38.5. The molecule has 2 heterocycles. The molecule has 3 fully saturated rings. The Kier molecular flexibility index (Phi) is 2.44. The average Bonchev–Trinajstić information content (AvgIpc) is 2.68. The van der Waals surface area contributed by atoms with Gasteiger partial charge in [-0.1, -0.05) is 0 Å². The Morgan fingerprint density at radius 1 is 1.44 bits per heavy atom. The minimum absolute atomic E-state index is 0. The van der Waals surface area contributed by atoms with Gasteiger partial charge in [0.2, 0.25) is 11.8 Å². The van der Waals surface area contributed by atoms with Crippen molar-refractivity contribution in [2.45, 2.75) is 37.3 Å². The van der Waals surface area contributed by atoms with Crippen LogP contribution in [-0.4, -0.2) is 29.9 Å². The first-order chi connectivity index (χ1) is 7.05. The van der Waals surface area contributed by atoms with E-state index >= 15 is 0 Å². The molecule has 0 aromatic carbocycles. The van der Waals surface area contributed by atoms with Crippen molar-refractivity contribution in [1.29, 1.82) is 0 Å². The number of carbonyl (C=O) groups excluding carboxylic acids is 2. The van der Waals surface area contributed by atoms with Crippen LogP contribution >= 0.6 is 12.4 Å². The van der Waals surface area contributed by atoms with Gasteiger partial charge in [0.25, 0.3) is 0 Å². The first-order valence-corrected chi connectivity index (χ1v) is 5.41. The molecular formula is C10H16ClN3O2. The molecule has 0 bridgehead atoms. The number of hydrogen-bond donors (Lipinski definition) is 3. The standard InChI is InChI=1S/C10H15N3O2.ClH/c11-7(14)6-3-9(5-12-6)4-10(1-2-10)13-8(9)15;/h6,12H,1-5H2,(H2,11,14)(H,13,15);1H/t6-,9+;/m0./s1. The molecule has 0 aromatic heterocycles. The number of nitrogens with two attached hydrogens (primary N) is 1. The quantitative estimate of drug-likeness (QED) is 0.571. The number of primary amides is 1. The maximum Gasteiger partial charge on any atom is 0.234 e. The summed E-state index contributed by atoms with van der Waals surface area (Å²) in [5.41, 5.74) is 4.95. The lowest BCUT2D eigenvalue weighted by atomic mass is 9.81. The highest BCUT2D eigenvalue weighted by Gasteiger charge is 2.62. The van der Waals surface area contributed by atoms with Crippen molar-refractivity contribution in [3.05, 3.63) is 0 Å². The van der Waals surface area contributed by atoms with Crippen molar-refractivity contribution in [1.82, 2.24) is 10.6 Å². The summed E-state index contributed by atoms with van der Waals surface area (Å²) in [6.45, 7) is 0.591. The molecule has 2 amide bonds. The van der Waals surface area contributed by atoms with E-state index in [0.717, 1.165) is 19.3 Å². The Labute approximate surface area is 99.9 Å². The molecule has 16 heavy (non-hydrogen) atoms. The van der Waals surface area contributed by atoms with Crippen LogP contribution in [0.1, 0.15) is 25.7 Å². The van der Waals surface area contributed by atoms with Gasteiger partial charge in [0.05, 0.1) is 11.5 Å². The van der Waals surface area contributed by atoms with E-state index in [2.05, 4.69) is 10.6 Å². The Hall–Kier alpha value is -0.810. The zero-order chi connectivity index (χ0) is 10.7. The van der Waals surface area contributed by atoms with E-state index in [9.17, 15) is 9.59 Å². The molecule has 0 unspecified atom stereocenters. The molecule has 2 saturated heterocycles. The van der Waals surface area contributed by atoms with Gasteiger partial charge in [-0.3, -0.25) is 9.59 Å². The fourth-order valence-corrected chi connectivity index (χ4v) is 2.96. The third-order valence-electron chi connectivity index (χ3n) is 4.02. The zero-order valence-corrected chi connectivity index (χ0v) is 9.73. The fraction of sp³-hybridized carbons (Fsp3) is 0.800. The molecule has 6 heteroatoms. The zero-order valence-electron chi connectivity index (χ0n) is 8.91. The predicted molar refractivity (Wildman–Crippen MR) is 60.0 cm³/mol. The molecule has 2 atom stereocenters. The Bertz CT molecular complexity index is 356. The van der Waals surface area contributed by atoms with Gasteiger partial charge >= 0.3 is 0 Å². The second-order valence-electron chi connectivity index (χ2n) is 5.23. The molecule has 2 aliphatic heterocycles. The van der Waals surface area contributed by atoms with Crippen LogP contribution in [0.4, 0.5) is 0 Å². The molecule has 2 spiro atoms. The Balaban J connectivity index is 0.000000963. The molecule has 5 nitrogen and oxygen atoms in total. The van der Waals surface area contributed by atoms with Crippen molar-refractivity contribution in [3.63, 3.8) is 0 Å². The number of halogens is 1. The summed E-state index contributed by atoms with van der Waals surface area (Å²) in [5.74, 6) is -0.243. The van der Waals surface area contributed by atoms with Crippen LogP contribution in [0.2, 0.25) is 0 Å². The van der Waals surface area contributed by atoms with E-state index in [1.807, 2.05) is 0 Å². The summed E-state index contributed by atoms with van der Waals surface area (Å²) in [4.78, 5) is 23.0. The topological polar surface area (TPSA) is 84.2 Å². The SMILES string of the molecule is Cl.NC(=O)[C@@H]1C[C@]2(CN1)CC1(CC1)NC2=O. The molecular weight excluding hydrogens is 230 g/mol. The van der Waals surface area contributed by atoms with Crippen LogP contribution in [0.25, 0.3) is 0 Å². The summed E-state index contributed by atoms with van der Waals surface area (Å²) >= 11 is 0. The molecule has 3 aliphatic rings. The highest BCUT2D eigenvalue weighted by atomic mass is 35.5. The van der Waals surface area contributed by atoms with E-state index in [4.69, 9.17) is 5.73 Å². The summed E-state index contributed by atoms with van der Waals surface area (Å²) in [6, 6.07) is -0.329. The number of hydrogen-bond acceptors (Lipinski definition) is 3. The van der Waals surface area contributed by atoms with Crippen LogP contribution in [-0.2, 0) is 9.59 Å². The predicted octanol–water partition coefficient (Wildman–Crippen LogP) is -0.706. The van der Waals surface area contributed by atoms with Gasteiger partial charge in [0, 0.05) is 12.1 Å². The fourth-order valence-electron chi connectivity index (χ4n) is 2.96. The first-order valence-electron chi connectivity index (χ1n) is 5.41. The maximum absolute atomic E-state index is 11.9. The number of amides is 2. The third-order valence-corrected chi connectivity index (χ3v) is 4.02. The molecule has 1 aliphatic carbocycles. The highest BCUT2D eigenvalue weighted by molar-refractivity contribution is 5.90. The Morgan fingerprint density at radius 2 is 2.12 bits per heavy atom. The van der Waals surface area contributed by atoms with Gasteiger partial charge < -0.3 is 16.4 Å². The van der Waals surface area contributed by atoms with Crippen molar-refractivity contribution in [2.24, 2.45) is 11.1 Å². The molecule has 1 saturated carbocycles. The smallest absolute Gasteiger partial charge is 0.234 e. The van der Waals surface area contributed by atoms with Crippen molar-refractivity contribution >= 4 is 24.2 Å². The Morgan fingerprint density at radius 3 is 2.56 bits per heavy atom. The second kappa shape index (κ2) is 3.34. The monoisotopic (exact) mass is 245 g/mol. The number of nitrogens with one attached hydrogen (secondary N) is 2. The summed E-state index contributed by atoms with van der Waals surface area (Å²) in [7, 11) is 0. The largest absolute Gasteiger partial charge is 0.368 e. The third kappa shape index (κ3) is 1.50. The van der Waals surface area contributed by atoms with E-state index in [1.54, 1.807) is 0 Å². The summed E-state index contributed by atoms with van der Waals surface area (Å²) < 4.78 is 0. The molecule has 90 valence electrons. The average molecular weight is 246 g/mol. The lowest BCUT2D eigenvalue weighted by Gasteiger charge is -2.17. The van der Waals surface area contributed by atoms with Gasteiger partial charge in [-0.2, -0.15) is 0 Å². The van der Waals surface area contributed by atoms with E-state index in [-0.39, 0.29) is 41.2 Å². The summed E-state index contributed by atoms with van der Waals surface area (Å²) in [5, 5.41) is 6.11. The van der Waals surface area contributed by atoms with Crippen molar-refractivity contribution < 1.29 is 9.59 Å². The molecule has 4 N–H and O–H groups in total. The lowest BCUT2D eigenvalue weighted by Crippen LogP contribution is -2.36. The molecule has 0 radical (unpaired) electrons. The number of carbonyl (C=O) groups is 2. The molecule has 3 rings (SSSR count). The lowest BCUT2D eigenvalue weighted by molar-refractivity contribution is -0.127. The maximum atomic E-state index is 11.9. The van der Waals surface area contributed by atoms with Crippen molar-refractivity contribution in [2.75, 3.05) is 6.54 Å². The van der Waals surface area contributed by atoms with Crippen LogP contribution in [0.5, 0.6) is 0 Å². The highest BCUT2D eigenvalue weighted by Crippen LogP contribution is 2.52. The summed E-state index contributed by atoms with van der Waals surface area (Å²) in [6.07, 6.45) is 3.61. The van der Waals surface area contributed by atoms with E-state index in [1.165, 1.54) is 0 Å². The van der Waals surface area contributed by atoms with Crippen LogP contribution in [0.15, 0.2) is 0 Å². The van der Waals surface area contributed by atoms with Gasteiger partial charge in [0.15, 0.2) is 0 Å². The van der Waals surface area contributed by atoms with Gasteiger partial charge in [-0.25, -0.2) is 0 Å². The van der Waals surface area contributed by atoms with Crippen LogP contribution in [0.3, 0.4) is 0 Å². The van der Waals surface area contributed by atoms with Crippen LogP contribution < -0.4 is 16.4 Å². The second-order valence-corrected chi connectivity index (χ2v) is 5.23.